The third-order valence-electron chi connectivity index (χ3n) is 3.99. The monoisotopic (exact) mass is 359 g/mol. The van der Waals surface area contributed by atoms with Crippen LogP contribution in [0, 0.1) is 13.8 Å². The number of amides is 2. The summed E-state index contributed by atoms with van der Waals surface area (Å²) in [7, 11) is 3.56. The molecule has 0 fully saturated rings. The molecular formula is C19H25N3O2S. The molecule has 0 spiro atoms. The molecule has 5 nitrogen and oxygen atoms in total. The minimum atomic E-state index is -0.186. The molecule has 0 saturated heterocycles. The van der Waals surface area contributed by atoms with Gasteiger partial charge in [-0.1, -0.05) is 18.2 Å². The molecule has 1 aromatic carbocycles. The Kier molecular flexibility index (Phi) is 6.73. The highest BCUT2D eigenvalue weighted by Gasteiger charge is 2.16. The standard InChI is InChI=1S/C19H25N3O2S/c1-14-6-5-7-15(2)19(14)20-17(23)11-22(4)18(24)12-21(3)10-16-8-9-25-13-16/h5-9,13H,10-12H2,1-4H3,(H,20,23). The normalized spacial score (nSPS) is 10.8. The van der Waals surface area contributed by atoms with Crippen molar-refractivity contribution in [3.8, 4) is 0 Å². The molecule has 25 heavy (non-hydrogen) atoms. The van der Waals surface area contributed by atoms with Crippen molar-refractivity contribution in [2.75, 3.05) is 32.5 Å². The Balaban J connectivity index is 1.84. The summed E-state index contributed by atoms with van der Waals surface area (Å²) in [5, 5.41) is 7.00. The molecule has 6 heteroatoms. The van der Waals surface area contributed by atoms with Gasteiger partial charge in [0.05, 0.1) is 13.1 Å². The number of benzene rings is 1. The smallest absolute Gasteiger partial charge is 0.243 e. The van der Waals surface area contributed by atoms with Crippen LogP contribution in [0.15, 0.2) is 35.0 Å². The topological polar surface area (TPSA) is 52.7 Å². The molecule has 0 aliphatic heterocycles. The Bertz CT molecular complexity index is 708. The van der Waals surface area contributed by atoms with Gasteiger partial charge >= 0.3 is 0 Å². The van der Waals surface area contributed by atoms with Crippen LogP contribution >= 0.6 is 11.3 Å². The van der Waals surface area contributed by atoms with E-state index in [1.54, 1.807) is 18.4 Å². The summed E-state index contributed by atoms with van der Waals surface area (Å²) in [6.45, 7) is 4.95. The van der Waals surface area contributed by atoms with E-state index in [4.69, 9.17) is 0 Å². The maximum atomic E-state index is 12.3. The molecule has 0 atom stereocenters. The summed E-state index contributed by atoms with van der Waals surface area (Å²) in [6.07, 6.45) is 0. The van der Waals surface area contributed by atoms with Crippen molar-refractivity contribution in [3.63, 3.8) is 0 Å². The van der Waals surface area contributed by atoms with Gasteiger partial charge in [-0.15, -0.1) is 0 Å². The Morgan fingerprint density at radius 2 is 1.76 bits per heavy atom. The van der Waals surface area contributed by atoms with Gasteiger partial charge in [-0.3, -0.25) is 14.5 Å². The number of thiophene rings is 1. The second-order valence-corrected chi connectivity index (χ2v) is 7.15. The third kappa shape index (κ3) is 5.69. The van der Waals surface area contributed by atoms with Gasteiger partial charge in [0, 0.05) is 19.3 Å². The zero-order valence-corrected chi connectivity index (χ0v) is 16.0. The molecular weight excluding hydrogens is 334 g/mol. The molecule has 134 valence electrons. The molecule has 0 aliphatic rings. The van der Waals surface area contributed by atoms with Crippen molar-refractivity contribution in [1.82, 2.24) is 9.80 Å². The van der Waals surface area contributed by atoms with Crippen molar-refractivity contribution in [2.45, 2.75) is 20.4 Å². The van der Waals surface area contributed by atoms with Gasteiger partial charge in [0.2, 0.25) is 11.8 Å². The average molecular weight is 359 g/mol. The van der Waals surface area contributed by atoms with Gasteiger partial charge in [-0.25, -0.2) is 0 Å². The lowest BCUT2D eigenvalue weighted by molar-refractivity contribution is -0.134. The number of para-hydroxylation sites is 1. The van der Waals surface area contributed by atoms with Gasteiger partial charge in [-0.05, 0) is 54.4 Å². The predicted octanol–water partition coefficient (Wildman–Crippen LogP) is 2.89. The number of nitrogens with one attached hydrogen (secondary N) is 1. The number of aryl methyl sites for hydroxylation is 2. The summed E-state index contributed by atoms with van der Waals surface area (Å²) in [5.41, 5.74) is 4.04. The van der Waals surface area contributed by atoms with Crippen LogP contribution in [0.5, 0.6) is 0 Å². The predicted molar refractivity (Wildman–Crippen MR) is 103 cm³/mol. The fraction of sp³-hybridized carbons (Fsp3) is 0.368. The lowest BCUT2D eigenvalue weighted by atomic mass is 10.1. The van der Waals surface area contributed by atoms with Gasteiger partial charge in [0.25, 0.3) is 0 Å². The zero-order valence-electron chi connectivity index (χ0n) is 15.2. The summed E-state index contributed by atoms with van der Waals surface area (Å²) in [4.78, 5) is 28.0. The van der Waals surface area contributed by atoms with Crippen LogP contribution in [0.3, 0.4) is 0 Å². The molecule has 2 amide bonds. The molecule has 2 rings (SSSR count). The Hall–Kier alpha value is -2.18. The van der Waals surface area contributed by atoms with Gasteiger partial charge < -0.3 is 10.2 Å². The first-order chi connectivity index (χ1) is 11.9. The van der Waals surface area contributed by atoms with Crippen LogP contribution in [0.2, 0.25) is 0 Å². The number of hydrogen-bond acceptors (Lipinski definition) is 4. The Morgan fingerprint density at radius 1 is 1.08 bits per heavy atom. The Labute approximate surface area is 153 Å². The van der Waals surface area contributed by atoms with Crippen LogP contribution in [0.25, 0.3) is 0 Å². The molecule has 0 bridgehead atoms. The summed E-state index contributed by atoms with van der Waals surface area (Å²) in [6, 6.07) is 7.92. The van der Waals surface area contributed by atoms with E-state index in [1.807, 2.05) is 55.4 Å². The number of nitrogens with zero attached hydrogens (tertiary/aromatic N) is 2. The van der Waals surface area contributed by atoms with Gasteiger partial charge in [0.15, 0.2) is 0 Å². The van der Waals surface area contributed by atoms with Crippen molar-refractivity contribution < 1.29 is 9.59 Å². The van der Waals surface area contributed by atoms with Crippen molar-refractivity contribution in [2.24, 2.45) is 0 Å². The first-order valence-electron chi connectivity index (χ1n) is 8.16. The molecule has 1 N–H and O–H groups in total. The van der Waals surface area contributed by atoms with E-state index < -0.39 is 0 Å². The maximum absolute atomic E-state index is 12.3. The molecule has 1 heterocycles. The lowest BCUT2D eigenvalue weighted by Crippen LogP contribution is -2.40. The lowest BCUT2D eigenvalue weighted by Gasteiger charge is -2.21. The van der Waals surface area contributed by atoms with Crippen LogP contribution < -0.4 is 5.32 Å². The molecule has 1 aromatic heterocycles. The van der Waals surface area contributed by atoms with Crippen molar-refractivity contribution in [1.29, 1.82) is 0 Å². The fourth-order valence-corrected chi connectivity index (χ4v) is 3.26. The number of carbonyl (C=O) groups excluding carboxylic acids is 2. The number of carbonyl (C=O) groups is 2. The van der Waals surface area contributed by atoms with E-state index in [9.17, 15) is 9.59 Å². The van der Waals surface area contributed by atoms with Crippen LogP contribution in [-0.4, -0.2) is 48.8 Å². The van der Waals surface area contributed by atoms with E-state index >= 15 is 0 Å². The molecule has 0 radical (unpaired) electrons. The van der Waals surface area contributed by atoms with E-state index in [1.165, 1.54) is 10.5 Å². The van der Waals surface area contributed by atoms with E-state index in [-0.39, 0.29) is 24.9 Å². The van der Waals surface area contributed by atoms with E-state index in [2.05, 4.69) is 10.7 Å². The van der Waals surface area contributed by atoms with E-state index in [0.717, 1.165) is 23.4 Å². The molecule has 2 aromatic rings. The largest absolute Gasteiger partial charge is 0.335 e. The minimum absolute atomic E-state index is 0.0406. The maximum Gasteiger partial charge on any atom is 0.243 e. The third-order valence-corrected chi connectivity index (χ3v) is 4.72. The summed E-state index contributed by atoms with van der Waals surface area (Å²) in [5.74, 6) is -0.261. The highest BCUT2D eigenvalue weighted by atomic mass is 32.1. The second kappa shape index (κ2) is 8.78. The fourth-order valence-electron chi connectivity index (χ4n) is 2.60. The van der Waals surface area contributed by atoms with Gasteiger partial charge in [0.1, 0.15) is 0 Å². The van der Waals surface area contributed by atoms with Crippen LogP contribution in [-0.2, 0) is 16.1 Å². The first-order valence-corrected chi connectivity index (χ1v) is 9.10. The zero-order chi connectivity index (χ0) is 18.4. The van der Waals surface area contributed by atoms with Crippen molar-refractivity contribution in [3.05, 3.63) is 51.7 Å². The summed E-state index contributed by atoms with van der Waals surface area (Å²) < 4.78 is 0. The van der Waals surface area contributed by atoms with Crippen LogP contribution in [0.4, 0.5) is 5.69 Å². The van der Waals surface area contributed by atoms with E-state index in [0.29, 0.717) is 0 Å². The molecule has 0 aliphatic carbocycles. The van der Waals surface area contributed by atoms with Crippen molar-refractivity contribution >= 4 is 28.8 Å². The summed E-state index contributed by atoms with van der Waals surface area (Å²) >= 11 is 1.64. The first kappa shape index (κ1) is 19.1. The highest BCUT2D eigenvalue weighted by Crippen LogP contribution is 2.19. The number of hydrogen-bond donors (Lipinski definition) is 1. The van der Waals surface area contributed by atoms with Gasteiger partial charge in [-0.2, -0.15) is 11.3 Å². The van der Waals surface area contributed by atoms with Crippen LogP contribution in [0.1, 0.15) is 16.7 Å². The molecule has 0 saturated carbocycles. The Morgan fingerprint density at radius 3 is 2.36 bits per heavy atom. The molecule has 0 unspecified atom stereocenters. The number of likely N-dealkylation sites (N-methyl/N-ethyl adjacent to an activating group) is 2. The second-order valence-electron chi connectivity index (χ2n) is 6.37. The SMILES string of the molecule is Cc1cccc(C)c1NC(=O)CN(C)C(=O)CN(C)Cc1ccsc1. The minimum Gasteiger partial charge on any atom is -0.335 e. The quantitative estimate of drug-likeness (QED) is 0.827. The number of anilines is 1. The highest BCUT2D eigenvalue weighted by molar-refractivity contribution is 7.07. The average Bonchev–Trinajstić information content (AvgIpc) is 3.03. The number of rotatable bonds is 7.